The molecule has 0 fully saturated rings. The lowest BCUT2D eigenvalue weighted by Gasteiger charge is -2.10. The van der Waals surface area contributed by atoms with Crippen LogP contribution in [0.15, 0.2) is 35.4 Å². The van der Waals surface area contributed by atoms with Gasteiger partial charge in [0.2, 0.25) is 15.9 Å². The Morgan fingerprint density at radius 3 is 2.64 bits per heavy atom. The maximum absolute atomic E-state index is 12.6. The third-order valence-corrected chi connectivity index (χ3v) is 5.27. The standard InChI is InChI=1S/C14H14F3N3O3S2/c1-9-8-18-13(24-9)20-12(21)5-6-19-25(22,23)11-4-2-3-10(7-11)14(15,16)17/h2-4,7-8,19H,5-6H2,1H3,(H,18,20,21). The van der Waals surface area contributed by atoms with Gasteiger partial charge in [-0.05, 0) is 25.1 Å². The third kappa shape index (κ3) is 5.51. The Labute approximate surface area is 146 Å². The molecule has 0 unspecified atom stereocenters. The molecule has 0 spiro atoms. The van der Waals surface area contributed by atoms with Crippen LogP contribution in [-0.2, 0) is 21.0 Å². The van der Waals surface area contributed by atoms with Gasteiger partial charge in [-0.15, -0.1) is 11.3 Å². The summed E-state index contributed by atoms with van der Waals surface area (Å²) in [6.07, 6.45) is -3.25. The zero-order valence-corrected chi connectivity index (χ0v) is 14.6. The number of benzene rings is 1. The van der Waals surface area contributed by atoms with Gasteiger partial charge in [0.25, 0.3) is 0 Å². The van der Waals surface area contributed by atoms with Gasteiger partial charge < -0.3 is 5.32 Å². The Kier molecular flexibility index (Phi) is 5.80. The average molecular weight is 393 g/mol. The molecule has 0 aliphatic carbocycles. The highest BCUT2D eigenvalue weighted by atomic mass is 32.2. The van der Waals surface area contributed by atoms with Gasteiger partial charge in [-0.1, -0.05) is 6.07 Å². The summed E-state index contributed by atoms with van der Waals surface area (Å²) in [7, 11) is -4.15. The van der Waals surface area contributed by atoms with Crippen LogP contribution in [0.25, 0.3) is 0 Å². The predicted molar refractivity (Wildman–Crippen MR) is 86.7 cm³/mol. The number of carbonyl (C=O) groups is 1. The first-order valence-corrected chi connectivity index (χ1v) is 9.27. The molecule has 1 aromatic carbocycles. The molecule has 11 heteroatoms. The normalized spacial score (nSPS) is 12.2. The quantitative estimate of drug-likeness (QED) is 0.790. The minimum atomic E-state index is -4.64. The summed E-state index contributed by atoms with van der Waals surface area (Å²) < 4.78 is 64.1. The van der Waals surface area contributed by atoms with Crippen LogP contribution in [-0.4, -0.2) is 25.9 Å². The zero-order chi connectivity index (χ0) is 18.7. The van der Waals surface area contributed by atoms with E-state index in [1.54, 1.807) is 6.20 Å². The van der Waals surface area contributed by atoms with E-state index in [9.17, 15) is 26.4 Å². The van der Waals surface area contributed by atoms with E-state index in [-0.39, 0.29) is 13.0 Å². The third-order valence-electron chi connectivity index (χ3n) is 2.98. The number of sulfonamides is 1. The molecule has 0 bridgehead atoms. The summed E-state index contributed by atoms with van der Waals surface area (Å²) in [6, 6.07) is 3.38. The summed E-state index contributed by atoms with van der Waals surface area (Å²) in [6.45, 7) is 1.56. The van der Waals surface area contributed by atoms with Crippen molar-refractivity contribution in [2.24, 2.45) is 0 Å². The number of carbonyl (C=O) groups excluding carboxylic acids is 1. The number of aryl methyl sites for hydroxylation is 1. The van der Waals surface area contributed by atoms with Crippen LogP contribution in [0.2, 0.25) is 0 Å². The van der Waals surface area contributed by atoms with Crippen molar-refractivity contribution in [2.45, 2.75) is 24.4 Å². The number of thiazole rings is 1. The minimum absolute atomic E-state index is 0.184. The lowest BCUT2D eigenvalue weighted by molar-refractivity contribution is -0.137. The highest BCUT2D eigenvalue weighted by molar-refractivity contribution is 7.89. The smallest absolute Gasteiger partial charge is 0.302 e. The van der Waals surface area contributed by atoms with Crippen molar-refractivity contribution in [3.63, 3.8) is 0 Å². The van der Waals surface area contributed by atoms with E-state index < -0.39 is 32.6 Å². The first-order chi connectivity index (χ1) is 11.6. The zero-order valence-electron chi connectivity index (χ0n) is 12.9. The predicted octanol–water partition coefficient (Wildman–Crippen LogP) is 2.78. The number of hydrogen-bond donors (Lipinski definition) is 2. The van der Waals surface area contributed by atoms with Gasteiger partial charge in [-0.2, -0.15) is 13.2 Å². The molecular weight excluding hydrogens is 379 g/mol. The molecule has 0 aliphatic rings. The van der Waals surface area contributed by atoms with Crippen LogP contribution < -0.4 is 10.0 Å². The van der Waals surface area contributed by atoms with Gasteiger partial charge in [-0.25, -0.2) is 18.1 Å². The Morgan fingerprint density at radius 2 is 2.04 bits per heavy atom. The summed E-state index contributed by atoms with van der Waals surface area (Å²) in [4.78, 5) is 16.0. The van der Waals surface area contributed by atoms with Crippen molar-refractivity contribution in [1.29, 1.82) is 0 Å². The Balaban J connectivity index is 1.94. The van der Waals surface area contributed by atoms with Crippen molar-refractivity contribution >= 4 is 32.4 Å². The topological polar surface area (TPSA) is 88.2 Å². The Hall–Kier alpha value is -1.98. The van der Waals surface area contributed by atoms with Gasteiger partial charge in [0.05, 0.1) is 10.5 Å². The van der Waals surface area contributed by atoms with E-state index in [1.165, 1.54) is 11.3 Å². The Morgan fingerprint density at radius 1 is 1.32 bits per heavy atom. The molecule has 1 amide bonds. The minimum Gasteiger partial charge on any atom is -0.302 e. The van der Waals surface area contributed by atoms with Crippen molar-refractivity contribution in [2.75, 3.05) is 11.9 Å². The van der Waals surface area contributed by atoms with Crippen molar-refractivity contribution in [3.8, 4) is 0 Å². The molecular formula is C14H14F3N3O3S2. The number of hydrogen-bond acceptors (Lipinski definition) is 5. The van der Waals surface area contributed by atoms with E-state index in [1.807, 2.05) is 6.92 Å². The van der Waals surface area contributed by atoms with Crippen LogP contribution >= 0.6 is 11.3 Å². The molecule has 25 heavy (non-hydrogen) atoms. The van der Waals surface area contributed by atoms with Crippen LogP contribution in [0.5, 0.6) is 0 Å². The highest BCUT2D eigenvalue weighted by Crippen LogP contribution is 2.30. The molecule has 0 saturated heterocycles. The lowest BCUT2D eigenvalue weighted by Crippen LogP contribution is -2.28. The van der Waals surface area contributed by atoms with Gasteiger partial charge in [0, 0.05) is 24.0 Å². The lowest BCUT2D eigenvalue weighted by atomic mass is 10.2. The average Bonchev–Trinajstić information content (AvgIpc) is 2.91. The molecule has 136 valence electrons. The molecule has 0 aliphatic heterocycles. The maximum Gasteiger partial charge on any atom is 0.416 e. The fraction of sp³-hybridized carbons (Fsp3) is 0.286. The van der Waals surface area contributed by atoms with E-state index in [2.05, 4.69) is 15.0 Å². The van der Waals surface area contributed by atoms with Gasteiger partial charge >= 0.3 is 6.18 Å². The second kappa shape index (κ2) is 7.50. The molecule has 2 rings (SSSR count). The molecule has 0 saturated carbocycles. The number of nitrogens with one attached hydrogen (secondary N) is 2. The molecule has 0 radical (unpaired) electrons. The van der Waals surface area contributed by atoms with Crippen LogP contribution in [0, 0.1) is 6.92 Å². The molecule has 2 aromatic rings. The number of halogens is 3. The van der Waals surface area contributed by atoms with Gasteiger partial charge in [0.1, 0.15) is 0 Å². The van der Waals surface area contributed by atoms with E-state index in [0.29, 0.717) is 11.2 Å². The monoisotopic (exact) mass is 393 g/mol. The summed E-state index contributed by atoms with van der Waals surface area (Å²) in [5, 5.41) is 2.89. The molecule has 2 N–H and O–H groups in total. The van der Waals surface area contributed by atoms with Crippen molar-refractivity contribution in [3.05, 3.63) is 40.9 Å². The van der Waals surface area contributed by atoms with E-state index >= 15 is 0 Å². The van der Waals surface area contributed by atoms with Crippen molar-refractivity contribution < 1.29 is 26.4 Å². The fourth-order valence-electron chi connectivity index (χ4n) is 1.82. The summed E-state index contributed by atoms with van der Waals surface area (Å²) >= 11 is 1.27. The fourth-order valence-corrected chi connectivity index (χ4v) is 3.57. The van der Waals surface area contributed by atoms with E-state index in [4.69, 9.17) is 0 Å². The first kappa shape index (κ1) is 19.3. The van der Waals surface area contributed by atoms with Crippen molar-refractivity contribution in [1.82, 2.24) is 9.71 Å². The largest absolute Gasteiger partial charge is 0.416 e. The highest BCUT2D eigenvalue weighted by Gasteiger charge is 2.31. The number of nitrogens with zero attached hydrogens (tertiary/aromatic N) is 1. The second-order valence-corrected chi connectivity index (χ2v) is 8.00. The number of amides is 1. The van der Waals surface area contributed by atoms with Gasteiger partial charge in [-0.3, -0.25) is 4.79 Å². The van der Waals surface area contributed by atoms with Gasteiger partial charge in [0.15, 0.2) is 5.13 Å². The SMILES string of the molecule is Cc1cnc(NC(=O)CCNS(=O)(=O)c2cccc(C(F)(F)F)c2)s1. The number of aromatic nitrogens is 1. The van der Waals surface area contributed by atoms with Crippen LogP contribution in [0.1, 0.15) is 16.9 Å². The number of alkyl halides is 3. The first-order valence-electron chi connectivity index (χ1n) is 6.97. The Bertz CT molecular complexity index is 863. The molecule has 0 atom stereocenters. The summed E-state index contributed by atoms with van der Waals surface area (Å²) in [5.74, 6) is -0.457. The molecule has 6 nitrogen and oxygen atoms in total. The second-order valence-electron chi connectivity index (χ2n) is 5.00. The van der Waals surface area contributed by atoms with Crippen LogP contribution in [0.4, 0.5) is 18.3 Å². The number of anilines is 1. The van der Waals surface area contributed by atoms with Crippen LogP contribution in [0.3, 0.4) is 0 Å². The maximum atomic E-state index is 12.6. The molecule has 1 aromatic heterocycles. The van der Waals surface area contributed by atoms with E-state index in [0.717, 1.165) is 23.1 Å². The summed E-state index contributed by atoms with van der Waals surface area (Å²) in [5.41, 5.74) is -1.06. The number of rotatable bonds is 6. The molecule has 1 heterocycles.